The molecule has 4 heteroatoms. The molecule has 0 saturated carbocycles. The van der Waals surface area contributed by atoms with Gasteiger partial charge in [0.1, 0.15) is 5.75 Å². The Labute approximate surface area is 153 Å². The lowest BCUT2D eigenvalue weighted by molar-refractivity contribution is -0.115. The molecule has 0 aromatic heterocycles. The first-order valence-corrected chi connectivity index (χ1v) is 8.49. The van der Waals surface area contributed by atoms with Crippen molar-refractivity contribution < 1.29 is 9.53 Å². The van der Waals surface area contributed by atoms with Gasteiger partial charge in [-0.1, -0.05) is 36.4 Å². The molecule has 0 aliphatic carbocycles. The predicted molar refractivity (Wildman–Crippen MR) is 106 cm³/mol. The Morgan fingerprint density at radius 1 is 0.923 bits per heavy atom. The van der Waals surface area contributed by atoms with Gasteiger partial charge in [0.25, 0.3) is 0 Å². The van der Waals surface area contributed by atoms with E-state index in [9.17, 15) is 4.79 Å². The predicted octanol–water partition coefficient (Wildman–Crippen LogP) is 4.93. The SMILES string of the molecule is COc1ccc(C)cc1Nc1ccc(NC(=O)Cc2ccccc2)cc1. The third kappa shape index (κ3) is 4.63. The maximum Gasteiger partial charge on any atom is 0.228 e. The van der Waals surface area contributed by atoms with Gasteiger partial charge in [0.05, 0.1) is 19.2 Å². The van der Waals surface area contributed by atoms with Crippen LogP contribution in [0.5, 0.6) is 5.75 Å². The maximum atomic E-state index is 12.1. The van der Waals surface area contributed by atoms with Crippen molar-refractivity contribution in [1.29, 1.82) is 0 Å². The van der Waals surface area contributed by atoms with Gasteiger partial charge in [-0.2, -0.15) is 0 Å². The van der Waals surface area contributed by atoms with Crippen molar-refractivity contribution in [3.05, 3.63) is 83.9 Å². The van der Waals surface area contributed by atoms with Crippen LogP contribution in [-0.2, 0) is 11.2 Å². The van der Waals surface area contributed by atoms with E-state index in [4.69, 9.17) is 4.74 Å². The number of hydrogen-bond donors (Lipinski definition) is 2. The van der Waals surface area contributed by atoms with Crippen LogP contribution in [0.1, 0.15) is 11.1 Å². The van der Waals surface area contributed by atoms with E-state index in [1.165, 1.54) is 0 Å². The fraction of sp³-hybridized carbons (Fsp3) is 0.136. The smallest absolute Gasteiger partial charge is 0.228 e. The van der Waals surface area contributed by atoms with E-state index in [2.05, 4.69) is 10.6 Å². The van der Waals surface area contributed by atoms with E-state index in [1.807, 2.05) is 79.7 Å². The van der Waals surface area contributed by atoms with Crippen molar-refractivity contribution in [3.63, 3.8) is 0 Å². The average molecular weight is 346 g/mol. The first kappa shape index (κ1) is 17.5. The maximum absolute atomic E-state index is 12.1. The van der Waals surface area contributed by atoms with Crippen LogP contribution in [0.3, 0.4) is 0 Å². The summed E-state index contributed by atoms with van der Waals surface area (Å²) in [5.41, 5.74) is 4.75. The van der Waals surface area contributed by atoms with Crippen LogP contribution < -0.4 is 15.4 Å². The number of amides is 1. The van der Waals surface area contributed by atoms with Crippen LogP contribution in [0.4, 0.5) is 17.1 Å². The number of methoxy groups -OCH3 is 1. The molecule has 3 rings (SSSR count). The molecule has 2 N–H and O–H groups in total. The quantitative estimate of drug-likeness (QED) is 0.665. The van der Waals surface area contributed by atoms with Crippen LogP contribution in [0.15, 0.2) is 72.8 Å². The van der Waals surface area contributed by atoms with E-state index in [0.29, 0.717) is 6.42 Å². The number of ether oxygens (including phenoxy) is 1. The van der Waals surface area contributed by atoms with E-state index in [0.717, 1.165) is 33.9 Å². The van der Waals surface area contributed by atoms with Gasteiger partial charge in [-0.25, -0.2) is 0 Å². The lowest BCUT2D eigenvalue weighted by Gasteiger charge is -2.13. The topological polar surface area (TPSA) is 50.4 Å². The summed E-state index contributed by atoms with van der Waals surface area (Å²) in [5.74, 6) is 0.758. The zero-order chi connectivity index (χ0) is 18.4. The minimum absolute atomic E-state index is 0.0303. The van der Waals surface area contributed by atoms with E-state index in [-0.39, 0.29) is 5.91 Å². The molecule has 132 valence electrons. The fourth-order valence-electron chi connectivity index (χ4n) is 2.70. The highest BCUT2D eigenvalue weighted by atomic mass is 16.5. The third-order valence-electron chi connectivity index (χ3n) is 4.01. The molecule has 0 saturated heterocycles. The molecule has 0 spiro atoms. The molecule has 3 aromatic carbocycles. The number of anilines is 3. The molecule has 0 unspecified atom stereocenters. The van der Waals surface area contributed by atoms with Crippen molar-refractivity contribution in [2.75, 3.05) is 17.7 Å². The Bertz CT molecular complexity index is 874. The second-order valence-electron chi connectivity index (χ2n) is 6.12. The number of carbonyl (C=O) groups is 1. The normalized spacial score (nSPS) is 10.2. The number of nitrogens with one attached hydrogen (secondary N) is 2. The lowest BCUT2D eigenvalue weighted by Crippen LogP contribution is -2.14. The summed E-state index contributed by atoms with van der Waals surface area (Å²) in [5, 5.41) is 6.27. The average Bonchev–Trinajstić information content (AvgIpc) is 2.64. The second-order valence-corrected chi connectivity index (χ2v) is 6.12. The molecule has 26 heavy (non-hydrogen) atoms. The van der Waals surface area contributed by atoms with E-state index >= 15 is 0 Å². The van der Waals surface area contributed by atoms with Crippen molar-refractivity contribution in [2.45, 2.75) is 13.3 Å². The second kappa shape index (κ2) is 8.21. The molecule has 0 atom stereocenters. The van der Waals surface area contributed by atoms with Crippen LogP contribution in [-0.4, -0.2) is 13.0 Å². The van der Waals surface area contributed by atoms with Gasteiger partial charge < -0.3 is 15.4 Å². The summed E-state index contributed by atoms with van der Waals surface area (Å²) in [6.45, 7) is 2.04. The Balaban J connectivity index is 1.63. The highest BCUT2D eigenvalue weighted by Gasteiger charge is 2.06. The van der Waals surface area contributed by atoms with Gasteiger partial charge in [0.15, 0.2) is 0 Å². The molecule has 0 fully saturated rings. The summed E-state index contributed by atoms with van der Waals surface area (Å²) < 4.78 is 5.39. The molecule has 0 aliphatic heterocycles. The molecule has 0 heterocycles. The number of hydrogen-bond acceptors (Lipinski definition) is 3. The van der Waals surface area contributed by atoms with E-state index in [1.54, 1.807) is 7.11 Å². The van der Waals surface area contributed by atoms with Gasteiger partial charge >= 0.3 is 0 Å². The molecular formula is C22H22N2O2. The molecule has 0 radical (unpaired) electrons. The highest BCUT2D eigenvalue weighted by Crippen LogP contribution is 2.29. The van der Waals surface area contributed by atoms with Crippen molar-refractivity contribution in [2.24, 2.45) is 0 Å². The van der Waals surface area contributed by atoms with Crippen LogP contribution in [0, 0.1) is 6.92 Å². The Kier molecular flexibility index (Phi) is 5.54. The number of carbonyl (C=O) groups excluding carboxylic acids is 1. The zero-order valence-corrected chi connectivity index (χ0v) is 15.0. The minimum atomic E-state index is -0.0303. The van der Waals surface area contributed by atoms with Gasteiger partial charge in [-0.05, 0) is 54.4 Å². The Hall–Kier alpha value is -3.27. The minimum Gasteiger partial charge on any atom is -0.495 e. The van der Waals surface area contributed by atoms with Gasteiger partial charge in [0, 0.05) is 11.4 Å². The summed E-state index contributed by atoms with van der Waals surface area (Å²) in [7, 11) is 1.65. The molecule has 0 bridgehead atoms. The number of benzene rings is 3. The monoisotopic (exact) mass is 346 g/mol. The first-order chi connectivity index (χ1) is 12.6. The number of rotatable bonds is 6. The van der Waals surface area contributed by atoms with Gasteiger partial charge in [0.2, 0.25) is 5.91 Å². The Morgan fingerprint density at radius 2 is 1.62 bits per heavy atom. The molecule has 3 aromatic rings. The summed E-state index contributed by atoms with van der Waals surface area (Å²) in [6, 6.07) is 23.3. The molecule has 0 aliphatic rings. The van der Waals surface area contributed by atoms with Crippen molar-refractivity contribution in [1.82, 2.24) is 0 Å². The number of aryl methyl sites for hydroxylation is 1. The van der Waals surface area contributed by atoms with Crippen molar-refractivity contribution in [3.8, 4) is 5.75 Å². The van der Waals surface area contributed by atoms with Crippen LogP contribution in [0.25, 0.3) is 0 Å². The summed E-state index contributed by atoms with van der Waals surface area (Å²) >= 11 is 0. The first-order valence-electron chi connectivity index (χ1n) is 8.49. The van der Waals surface area contributed by atoms with Gasteiger partial charge in [-0.15, -0.1) is 0 Å². The fourth-order valence-corrected chi connectivity index (χ4v) is 2.70. The third-order valence-corrected chi connectivity index (χ3v) is 4.01. The zero-order valence-electron chi connectivity index (χ0n) is 15.0. The Morgan fingerprint density at radius 3 is 2.31 bits per heavy atom. The van der Waals surface area contributed by atoms with Crippen LogP contribution in [0.2, 0.25) is 0 Å². The highest BCUT2D eigenvalue weighted by molar-refractivity contribution is 5.92. The van der Waals surface area contributed by atoms with Crippen LogP contribution >= 0.6 is 0 Å². The standard InChI is InChI=1S/C22H22N2O2/c1-16-8-13-21(26-2)20(14-16)23-18-9-11-19(12-10-18)24-22(25)15-17-6-4-3-5-7-17/h3-14,23H,15H2,1-2H3,(H,24,25). The largest absolute Gasteiger partial charge is 0.495 e. The van der Waals surface area contributed by atoms with Crippen molar-refractivity contribution >= 4 is 23.0 Å². The summed E-state index contributed by atoms with van der Waals surface area (Å²) in [4.78, 5) is 12.1. The lowest BCUT2D eigenvalue weighted by atomic mass is 10.1. The molecule has 1 amide bonds. The van der Waals surface area contributed by atoms with Gasteiger partial charge in [-0.3, -0.25) is 4.79 Å². The molecular weight excluding hydrogens is 324 g/mol. The molecule has 4 nitrogen and oxygen atoms in total. The van der Waals surface area contributed by atoms with E-state index < -0.39 is 0 Å². The summed E-state index contributed by atoms with van der Waals surface area (Å²) in [6.07, 6.45) is 0.362.